The molecule has 1 unspecified atom stereocenters. The van der Waals surface area contributed by atoms with Crippen molar-refractivity contribution in [1.82, 2.24) is 14.3 Å². The second-order valence-corrected chi connectivity index (χ2v) is 5.30. The van der Waals surface area contributed by atoms with Crippen molar-refractivity contribution in [2.24, 2.45) is 13.0 Å². The molecule has 0 amide bonds. The number of ether oxygens (including phenoxy) is 1. The van der Waals surface area contributed by atoms with E-state index < -0.39 is 0 Å². The minimum atomic E-state index is -0.0607. The SMILES string of the molecule is Cn1c(-c2ccccc2)nn(CC2CCCOC2)c1=O. The molecule has 1 aromatic carbocycles. The summed E-state index contributed by atoms with van der Waals surface area (Å²) in [5.74, 6) is 1.10. The maximum absolute atomic E-state index is 12.3. The second-order valence-electron chi connectivity index (χ2n) is 5.30. The van der Waals surface area contributed by atoms with Crippen LogP contribution in [-0.2, 0) is 18.3 Å². The zero-order valence-electron chi connectivity index (χ0n) is 11.7. The Labute approximate surface area is 117 Å². The lowest BCUT2D eigenvalue weighted by atomic mass is 10.0. The predicted molar refractivity (Wildman–Crippen MR) is 76.4 cm³/mol. The Morgan fingerprint density at radius 3 is 2.85 bits per heavy atom. The molecule has 1 aliphatic heterocycles. The average Bonchev–Trinajstić information content (AvgIpc) is 2.78. The number of rotatable bonds is 3. The lowest BCUT2D eigenvalue weighted by molar-refractivity contribution is 0.0465. The van der Waals surface area contributed by atoms with E-state index in [1.165, 1.54) is 0 Å². The summed E-state index contributed by atoms with van der Waals surface area (Å²) in [7, 11) is 1.77. The van der Waals surface area contributed by atoms with Crippen molar-refractivity contribution in [3.63, 3.8) is 0 Å². The molecule has 5 heteroatoms. The zero-order valence-corrected chi connectivity index (χ0v) is 11.7. The average molecular weight is 273 g/mol. The van der Waals surface area contributed by atoms with E-state index in [0.29, 0.717) is 18.3 Å². The van der Waals surface area contributed by atoms with Crippen LogP contribution in [0.2, 0.25) is 0 Å². The van der Waals surface area contributed by atoms with Crippen molar-refractivity contribution in [2.75, 3.05) is 13.2 Å². The summed E-state index contributed by atoms with van der Waals surface area (Å²) in [6.45, 7) is 2.20. The van der Waals surface area contributed by atoms with Gasteiger partial charge in [-0.05, 0) is 12.8 Å². The first-order valence-electron chi connectivity index (χ1n) is 7.02. The third-order valence-corrected chi connectivity index (χ3v) is 3.76. The summed E-state index contributed by atoms with van der Waals surface area (Å²) in [5, 5.41) is 4.49. The van der Waals surface area contributed by atoms with Crippen LogP contribution in [0.25, 0.3) is 11.4 Å². The highest BCUT2D eigenvalue weighted by molar-refractivity contribution is 5.54. The van der Waals surface area contributed by atoms with Crippen LogP contribution >= 0.6 is 0 Å². The van der Waals surface area contributed by atoms with Crippen molar-refractivity contribution in [3.05, 3.63) is 40.8 Å². The summed E-state index contributed by atoms with van der Waals surface area (Å²) in [5.41, 5.74) is 0.903. The van der Waals surface area contributed by atoms with E-state index in [2.05, 4.69) is 5.10 Å². The Bertz CT molecular complexity index is 624. The van der Waals surface area contributed by atoms with Crippen molar-refractivity contribution in [1.29, 1.82) is 0 Å². The van der Waals surface area contributed by atoms with E-state index in [0.717, 1.165) is 31.6 Å². The van der Waals surface area contributed by atoms with Gasteiger partial charge in [-0.15, -0.1) is 5.10 Å². The molecule has 2 heterocycles. The fraction of sp³-hybridized carbons (Fsp3) is 0.467. The molecule has 0 saturated carbocycles. The van der Waals surface area contributed by atoms with Gasteiger partial charge in [-0.1, -0.05) is 30.3 Å². The highest BCUT2D eigenvalue weighted by Crippen LogP contribution is 2.17. The predicted octanol–water partition coefficient (Wildman–Crippen LogP) is 1.68. The van der Waals surface area contributed by atoms with Gasteiger partial charge in [-0.25, -0.2) is 9.48 Å². The number of nitrogens with zero attached hydrogens (tertiary/aromatic N) is 3. The van der Waals surface area contributed by atoms with Gasteiger partial charge in [-0.2, -0.15) is 0 Å². The summed E-state index contributed by atoms with van der Waals surface area (Å²) < 4.78 is 8.65. The molecule has 1 saturated heterocycles. The largest absolute Gasteiger partial charge is 0.381 e. The van der Waals surface area contributed by atoms with Gasteiger partial charge < -0.3 is 4.74 Å². The second kappa shape index (κ2) is 5.63. The highest BCUT2D eigenvalue weighted by Gasteiger charge is 2.18. The van der Waals surface area contributed by atoms with Crippen molar-refractivity contribution in [3.8, 4) is 11.4 Å². The molecular weight excluding hydrogens is 254 g/mol. The maximum Gasteiger partial charge on any atom is 0.345 e. The molecule has 106 valence electrons. The molecule has 5 nitrogen and oxygen atoms in total. The summed E-state index contributed by atoms with van der Waals surface area (Å²) >= 11 is 0. The number of benzene rings is 1. The molecule has 1 fully saturated rings. The minimum absolute atomic E-state index is 0.0607. The summed E-state index contributed by atoms with van der Waals surface area (Å²) in [6, 6.07) is 9.80. The fourth-order valence-electron chi connectivity index (χ4n) is 2.64. The van der Waals surface area contributed by atoms with Crippen LogP contribution in [0.4, 0.5) is 0 Å². The van der Waals surface area contributed by atoms with Gasteiger partial charge in [0.25, 0.3) is 0 Å². The van der Waals surface area contributed by atoms with Gasteiger partial charge in [-0.3, -0.25) is 4.57 Å². The highest BCUT2D eigenvalue weighted by atomic mass is 16.5. The summed E-state index contributed by atoms with van der Waals surface area (Å²) in [4.78, 5) is 12.3. The molecule has 0 radical (unpaired) electrons. The van der Waals surface area contributed by atoms with Gasteiger partial charge in [0.15, 0.2) is 5.82 Å². The fourth-order valence-corrected chi connectivity index (χ4v) is 2.64. The molecular formula is C15H19N3O2. The smallest absolute Gasteiger partial charge is 0.345 e. The van der Waals surface area contributed by atoms with Crippen LogP contribution < -0.4 is 5.69 Å². The van der Waals surface area contributed by atoms with Crippen LogP contribution in [0.5, 0.6) is 0 Å². The number of hydrogen-bond donors (Lipinski definition) is 0. The quantitative estimate of drug-likeness (QED) is 0.855. The summed E-state index contributed by atoms with van der Waals surface area (Å²) in [6.07, 6.45) is 2.17. The van der Waals surface area contributed by atoms with Gasteiger partial charge in [0.05, 0.1) is 13.2 Å². The molecule has 1 atom stereocenters. The van der Waals surface area contributed by atoms with E-state index in [1.54, 1.807) is 16.3 Å². The van der Waals surface area contributed by atoms with Crippen LogP contribution in [0.1, 0.15) is 12.8 Å². The first-order chi connectivity index (χ1) is 9.75. The van der Waals surface area contributed by atoms with Crippen molar-refractivity contribution in [2.45, 2.75) is 19.4 Å². The van der Waals surface area contributed by atoms with Crippen molar-refractivity contribution < 1.29 is 4.74 Å². The zero-order chi connectivity index (χ0) is 13.9. The van der Waals surface area contributed by atoms with Gasteiger partial charge in [0.2, 0.25) is 0 Å². The Hall–Kier alpha value is -1.88. The number of aromatic nitrogens is 3. The van der Waals surface area contributed by atoms with Gasteiger partial charge >= 0.3 is 5.69 Å². The Morgan fingerprint density at radius 1 is 1.35 bits per heavy atom. The molecule has 0 spiro atoms. The van der Waals surface area contributed by atoms with E-state index in [1.807, 2.05) is 30.3 Å². The van der Waals surface area contributed by atoms with E-state index in [4.69, 9.17) is 4.74 Å². The molecule has 1 aromatic heterocycles. The molecule has 2 aromatic rings. The Morgan fingerprint density at radius 2 is 2.15 bits per heavy atom. The lowest BCUT2D eigenvalue weighted by Gasteiger charge is -2.21. The molecule has 0 N–H and O–H groups in total. The maximum atomic E-state index is 12.3. The Kier molecular flexibility index (Phi) is 3.69. The monoisotopic (exact) mass is 273 g/mol. The van der Waals surface area contributed by atoms with Gasteiger partial charge in [0, 0.05) is 25.1 Å². The van der Waals surface area contributed by atoms with Crippen LogP contribution in [0.3, 0.4) is 0 Å². The third kappa shape index (κ3) is 2.54. The Balaban J connectivity index is 1.88. The number of hydrogen-bond acceptors (Lipinski definition) is 3. The lowest BCUT2D eigenvalue weighted by Crippen LogP contribution is -2.29. The minimum Gasteiger partial charge on any atom is -0.381 e. The standard InChI is InChI=1S/C15H19N3O2/c1-17-14(13-7-3-2-4-8-13)16-18(15(17)19)10-12-6-5-9-20-11-12/h2-4,7-8,12H,5-6,9-11H2,1H3. The molecule has 3 rings (SSSR count). The molecule has 0 aliphatic carbocycles. The van der Waals surface area contributed by atoms with E-state index in [-0.39, 0.29) is 5.69 Å². The first-order valence-corrected chi connectivity index (χ1v) is 7.02. The van der Waals surface area contributed by atoms with Gasteiger partial charge in [0.1, 0.15) is 0 Å². The molecule has 20 heavy (non-hydrogen) atoms. The van der Waals surface area contributed by atoms with Crippen LogP contribution in [-0.4, -0.2) is 27.6 Å². The van der Waals surface area contributed by atoms with Crippen molar-refractivity contribution >= 4 is 0 Å². The van der Waals surface area contributed by atoms with Crippen LogP contribution in [0.15, 0.2) is 35.1 Å². The molecule has 1 aliphatic rings. The van der Waals surface area contributed by atoms with E-state index >= 15 is 0 Å². The van der Waals surface area contributed by atoms with E-state index in [9.17, 15) is 4.79 Å². The molecule has 0 bridgehead atoms. The topological polar surface area (TPSA) is 49.0 Å². The first kappa shape index (κ1) is 13.1. The third-order valence-electron chi connectivity index (χ3n) is 3.76. The van der Waals surface area contributed by atoms with Crippen LogP contribution in [0, 0.1) is 5.92 Å². The normalized spacial score (nSPS) is 19.1.